The van der Waals surface area contributed by atoms with Crippen LogP contribution in [0, 0.1) is 0 Å². The molecule has 0 heterocycles. The molecule has 0 aliphatic heterocycles. The Hall–Kier alpha value is -3.14. The molecular formula is C22H22O4. The lowest BCUT2D eigenvalue weighted by atomic mass is 9.94. The van der Waals surface area contributed by atoms with Crippen molar-refractivity contribution in [3.63, 3.8) is 0 Å². The van der Waals surface area contributed by atoms with E-state index in [0.717, 1.165) is 27.8 Å². The summed E-state index contributed by atoms with van der Waals surface area (Å²) in [6.07, 6.45) is 4.08. The lowest BCUT2D eigenvalue weighted by Crippen LogP contribution is -1.95. The Morgan fingerprint density at radius 3 is 1.65 bits per heavy atom. The minimum absolute atomic E-state index is 0.684. The molecule has 3 rings (SSSR count). The minimum atomic E-state index is 0.684. The average Bonchev–Trinajstić information content (AvgIpc) is 3.08. The summed E-state index contributed by atoms with van der Waals surface area (Å²) in [5, 5.41) is 0. The molecule has 0 bridgehead atoms. The Morgan fingerprint density at radius 1 is 0.615 bits per heavy atom. The normalized spacial score (nSPS) is 13.2. The number of benzene rings is 2. The fourth-order valence-corrected chi connectivity index (χ4v) is 3.10. The van der Waals surface area contributed by atoms with Crippen LogP contribution < -0.4 is 18.9 Å². The predicted molar refractivity (Wildman–Crippen MR) is 104 cm³/mol. The number of rotatable bonds is 6. The van der Waals surface area contributed by atoms with E-state index in [1.54, 1.807) is 28.4 Å². The van der Waals surface area contributed by atoms with E-state index in [1.165, 1.54) is 0 Å². The molecular weight excluding hydrogens is 328 g/mol. The lowest BCUT2D eigenvalue weighted by molar-refractivity contribution is 0.355. The minimum Gasteiger partial charge on any atom is -0.493 e. The van der Waals surface area contributed by atoms with Crippen molar-refractivity contribution in [2.24, 2.45) is 0 Å². The van der Waals surface area contributed by atoms with Gasteiger partial charge < -0.3 is 18.9 Å². The quantitative estimate of drug-likeness (QED) is 0.753. The second-order valence-electron chi connectivity index (χ2n) is 5.79. The Morgan fingerprint density at radius 2 is 1.12 bits per heavy atom. The summed E-state index contributed by atoms with van der Waals surface area (Å²) in [4.78, 5) is 0. The summed E-state index contributed by atoms with van der Waals surface area (Å²) >= 11 is 0. The Bertz CT molecular complexity index is 849. The van der Waals surface area contributed by atoms with Gasteiger partial charge in [-0.2, -0.15) is 0 Å². The number of hydrogen-bond donors (Lipinski definition) is 0. The standard InChI is InChI=1S/C22H22O4/c1-14-6-9-17(15-7-10-18(23-2)20(12-15)25-4)22(14)16-8-11-19(24-3)21(13-16)26-5/h6-13H,1H2,2-5H3. The average molecular weight is 350 g/mol. The highest BCUT2D eigenvalue weighted by atomic mass is 16.5. The molecule has 4 nitrogen and oxygen atoms in total. The van der Waals surface area contributed by atoms with Crippen LogP contribution >= 0.6 is 0 Å². The van der Waals surface area contributed by atoms with Gasteiger partial charge in [0.15, 0.2) is 23.0 Å². The van der Waals surface area contributed by atoms with Gasteiger partial charge in [0.2, 0.25) is 0 Å². The Kier molecular flexibility index (Phi) is 5.03. The summed E-state index contributed by atoms with van der Waals surface area (Å²) in [6.45, 7) is 4.19. The van der Waals surface area contributed by atoms with Crippen molar-refractivity contribution in [2.45, 2.75) is 0 Å². The highest BCUT2D eigenvalue weighted by Gasteiger charge is 2.19. The van der Waals surface area contributed by atoms with Crippen molar-refractivity contribution in [1.29, 1.82) is 0 Å². The van der Waals surface area contributed by atoms with E-state index in [0.29, 0.717) is 23.0 Å². The highest BCUT2D eigenvalue weighted by molar-refractivity contribution is 6.07. The molecule has 0 spiro atoms. The molecule has 0 unspecified atom stereocenters. The first-order valence-electron chi connectivity index (χ1n) is 8.19. The van der Waals surface area contributed by atoms with Crippen LogP contribution in [-0.2, 0) is 0 Å². The molecule has 2 aromatic carbocycles. The highest BCUT2D eigenvalue weighted by Crippen LogP contribution is 2.42. The second-order valence-corrected chi connectivity index (χ2v) is 5.79. The van der Waals surface area contributed by atoms with E-state index in [9.17, 15) is 0 Å². The van der Waals surface area contributed by atoms with Crippen molar-refractivity contribution in [3.8, 4) is 23.0 Å². The van der Waals surface area contributed by atoms with E-state index < -0.39 is 0 Å². The fourth-order valence-electron chi connectivity index (χ4n) is 3.10. The fraction of sp³-hybridized carbons (Fsp3) is 0.182. The van der Waals surface area contributed by atoms with Crippen LogP contribution in [0.4, 0.5) is 0 Å². The maximum Gasteiger partial charge on any atom is 0.161 e. The van der Waals surface area contributed by atoms with E-state index in [1.807, 2.05) is 42.5 Å². The smallest absolute Gasteiger partial charge is 0.161 e. The summed E-state index contributed by atoms with van der Waals surface area (Å²) in [7, 11) is 6.52. The third kappa shape index (κ3) is 3.06. The van der Waals surface area contributed by atoms with Gasteiger partial charge in [-0.1, -0.05) is 30.9 Å². The third-order valence-electron chi connectivity index (χ3n) is 4.41. The molecule has 26 heavy (non-hydrogen) atoms. The summed E-state index contributed by atoms with van der Waals surface area (Å²) in [6, 6.07) is 11.8. The second kappa shape index (κ2) is 7.40. The molecule has 0 radical (unpaired) electrons. The van der Waals surface area contributed by atoms with Crippen molar-refractivity contribution in [1.82, 2.24) is 0 Å². The van der Waals surface area contributed by atoms with Crippen LogP contribution in [0.3, 0.4) is 0 Å². The van der Waals surface area contributed by atoms with Gasteiger partial charge in [-0.25, -0.2) is 0 Å². The molecule has 1 aliphatic carbocycles. The predicted octanol–water partition coefficient (Wildman–Crippen LogP) is 4.76. The van der Waals surface area contributed by atoms with Crippen LogP contribution in [-0.4, -0.2) is 28.4 Å². The Labute approximate surface area is 154 Å². The van der Waals surface area contributed by atoms with Gasteiger partial charge in [0, 0.05) is 0 Å². The molecule has 2 aromatic rings. The molecule has 1 aliphatic rings. The van der Waals surface area contributed by atoms with Crippen molar-refractivity contribution >= 4 is 11.1 Å². The van der Waals surface area contributed by atoms with Crippen LogP contribution in [0.25, 0.3) is 11.1 Å². The number of methoxy groups -OCH3 is 4. The van der Waals surface area contributed by atoms with Crippen molar-refractivity contribution in [3.05, 3.63) is 71.8 Å². The third-order valence-corrected chi connectivity index (χ3v) is 4.41. The van der Waals surface area contributed by atoms with Gasteiger partial charge in [-0.05, 0) is 52.1 Å². The van der Waals surface area contributed by atoms with Gasteiger partial charge in [-0.3, -0.25) is 0 Å². The molecule has 4 heteroatoms. The van der Waals surface area contributed by atoms with Gasteiger partial charge in [0.05, 0.1) is 28.4 Å². The van der Waals surface area contributed by atoms with E-state index in [2.05, 4.69) is 12.7 Å². The van der Waals surface area contributed by atoms with Gasteiger partial charge in [0.1, 0.15) is 0 Å². The first-order valence-corrected chi connectivity index (χ1v) is 8.19. The molecule has 0 saturated heterocycles. The number of allylic oxidation sites excluding steroid dienone is 5. The summed E-state index contributed by atoms with van der Waals surface area (Å²) < 4.78 is 21.6. The van der Waals surface area contributed by atoms with Crippen molar-refractivity contribution < 1.29 is 18.9 Å². The zero-order valence-corrected chi connectivity index (χ0v) is 15.5. The van der Waals surface area contributed by atoms with E-state index in [4.69, 9.17) is 18.9 Å². The van der Waals surface area contributed by atoms with Gasteiger partial charge in [0.25, 0.3) is 0 Å². The van der Waals surface area contributed by atoms with Crippen LogP contribution in [0.15, 0.2) is 60.7 Å². The van der Waals surface area contributed by atoms with Crippen LogP contribution in [0.1, 0.15) is 11.1 Å². The molecule has 134 valence electrons. The van der Waals surface area contributed by atoms with E-state index in [-0.39, 0.29) is 0 Å². The maximum atomic E-state index is 5.45. The van der Waals surface area contributed by atoms with Gasteiger partial charge >= 0.3 is 0 Å². The van der Waals surface area contributed by atoms with Crippen LogP contribution in [0.5, 0.6) is 23.0 Å². The summed E-state index contributed by atoms with van der Waals surface area (Å²) in [5.41, 5.74) is 5.12. The molecule has 0 saturated carbocycles. The maximum absolute atomic E-state index is 5.45. The number of hydrogen-bond acceptors (Lipinski definition) is 4. The molecule has 0 fully saturated rings. The largest absolute Gasteiger partial charge is 0.493 e. The molecule has 0 aromatic heterocycles. The van der Waals surface area contributed by atoms with Crippen LogP contribution in [0.2, 0.25) is 0 Å². The Balaban J connectivity index is 2.14. The van der Waals surface area contributed by atoms with E-state index >= 15 is 0 Å². The first-order chi connectivity index (χ1) is 12.6. The zero-order valence-electron chi connectivity index (χ0n) is 15.5. The monoisotopic (exact) mass is 350 g/mol. The zero-order chi connectivity index (χ0) is 18.7. The lowest BCUT2D eigenvalue weighted by Gasteiger charge is -2.14. The first kappa shape index (κ1) is 17.7. The SMILES string of the molecule is C=C1C=CC(c2ccc(OC)c(OC)c2)=C1c1ccc(OC)c(OC)c1. The molecule has 0 N–H and O–H groups in total. The summed E-state index contributed by atoms with van der Waals surface area (Å²) in [5.74, 6) is 2.77. The molecule has 0 amide bonds. The van der Waals surface area contributed by atoms with Crippen molar-refractivity contribution in [2.75, 3.05) is 28.4 Å². The number of ether oxygens (including phenoxy) is 4. The topological polar surface area (TPSA) is 36.9 Å². The molecule has 0 atom stereocenters. The van der Waals surface area contributed by atoms with Gasteiger partial charge in [-0.15, -0.1) is 0 Å².